The van der Waals surface area contributed by atoms with Gasteiger partial charge in [0.2, 0.25) is 0 Å². The lowest BCUT2D eigenvalue weighted by Crippen LogP contribution is -2.56. The molecule has 124 valence electrons. The highest BCUT2D eigenvalue weighted by Gasteiger charge is 2.44. The molecule has 7 nitrogen and oxygen atoms in total. The van der Waals surface area contributed by atoms with Crippen LogP contribution in [-0.4, -0.2) is 42.2 Å². The Bertz CT molecular complexity index is 592. The SMILES string of the molecule is O[C@@H]1C[C@H](NC(c2ncn[nH]2)C2CCCCC2)[C@H]1n1cccn1. The molecule has 2 heterocycles. The summed E-state index contributed by atoms with van der Waals surface area (Å²) in [7, 11) is 0. The molecule has 4 atom stereocenters. The van der Waals surface area contributed by atoms with Crippen LogP contribution < -0.4 is 5.32 Å². The fourth-order valence-corrected chi connectivity index (χ4v) is 4.10. The zero-order chi connectivity index (χ0) is 15.6. The van der Waals surface area contributed by atoms with Gasteiger partial charge in [-0.05, 0) is 31.2 Å². The molecular weight excluding hydrogens is 292 g/mol. The van der Waals surface area contributed by atoms with Crippen LogP contribution in [-0.2, 0) is 0 Å². The average Bonchev–Trinajstić information content (AvgIpc) is 3.25. The van der Waals surface area contributed by atoms with E-state index < -0.39 is 0 Å². The van der Waals surface area contributed by atoms with Crippen molar-refractivity contribution in [3.63, 3.8) is 0 Å². The number of nitrogens with zero attached hydrogens (tertiary/aromatic N) is 4. The number of rotatable bonds is 5. The molecule has 3 N–H and O–H groups in total. The van der Waals surface area contributed by atoms with Gasteiger partial charge in [-0.15, -0.1) is 0 Å². The van der Waals surface area contributed by atoms with Crippen LogP contribution in [0.5, 0.6) is 0 Å². The third kappa shape index (κ3) is 2.90. The van der Waals surface area contributed by atoms with Crippen LogP contribution in [0.25, 0.3) is 0 Å². The first kappa shape index (κ1) is 14.8. The van der Waals surface area contributed by atoms with Gasteiger partial charge >= 0.3 is 0 Å². The summed E-state index contributed by atoms with van der Waals surface area (Å²) < 4.78 is 1.87. The van der Waals surface area contributed by atoms with Crippen LogP contribution in [0.1, 0.15) is 56.4 Å². The molecule has 2 saturated carbocycles. The summed E-state index contributed by atoms with van der Waals surface area (Å²) in [6.07, 6.45) is 12.0. The van der Waals surface area contributed by atoms with E-state index in [2.05, 4.69) is 25.6 Å². The van der Waals surface area contributed by atoms with Gasteiger partial charge < -0.3 is 10.4 Å². The number of aliphatic hydroxyl groups excluding tert-OH is 1. The monoisotopic (exact) mass is 316 g/mol. The minimum absolute atomic E-state index is 0.000915. The molecule has 0 spiro atoms. The number of H-pyrrole nitrogens is 1. The molecular formula is C16H24N6O. The van der Waals surface area contributed by atoms with Crippen molar-refractivity contribution in [2.75, 3.05) is 0 Å². The van der Waals surface area contributed by atoms with Crippen LogP contribution in [0, 0.1) is 5.92 Å². The molecule has 0 amide bonds. The Kier molecular flexibility index (Phi) is 4.13. The summed E-state index contributed by atoms with van der Waals surface area (Å²) in [6, 6.07) is 2.28. The van der Waals surface area contributed by atoms with Crippen LogP contribution in [0.4, 0.5) is 0 Å². The fraction of sp³-hybridized carbons (Fsp3) is 0.688. The summed E-state index contributed by atoms with van der Waals surface area (Å²) >= 11 is 0. The zero-order valence-electron chi connectivity index (χ0n) is 13.2. The van der Waals surface area contributed by atoms with Crippen molar-refractivity contribution in [3.8, 4) is 0 Å². The number of nitrogens with one attached hydrogen (secondary N) is 2. The van der Waals surface area contributed by atoms with Crippen molar-refractivity contribution in [1.82, 2.24) is 30.3 Å². The minimum Gasteiger partial charge on any atom is -0.391 e. The van der Waals surface area contributed by atoms with Crippen molar-refractivity contribution in [1.29, 1.82) is 0 Å². The molecule has 2 aromatic heterocycles. The Labute approximate surface area is 135 Å². The number of hydrogen-bond acceptors (Lipinski definition) is 5. The topological polar surface area (TPSA) is 91.6 Å². The summed E-state index contributed by atoms with van der Waals surface area (Å²) in [4.78, 5) is 4.40. The number of aromatic amines is 1. The lowest BCUT2D eigenvalue weighted by molar-refractivity contribution is -0.0161. The molecule has 0 bridgehead atoms. The van der Waals surface area contributed by atoms with Crippen molar-refractivity contribution >= 4 is 0 Å². The predicted molar refractivity (Wildman–Crippen MR) is 84.5 cm³/mol. The second-order valence-electron chi connectivity index (χ2n) is 6.80. The number of hydrogen-bond donors (Lipinski definition) is 3. The van der Waals surface area contributed by atoms with E-state index in [0.717, 1.165) is 12.2 Å². The van der Waals surface area contributed by atoms with Gasteiger partial charge in [-0.2, -0.15) is 10.2 Å². The van der Waals surface area contributed by atoms with Crippen molar-refractivity contribution in [3.05, 3.63) is 30.6 Å². The van der Waals surface area contributed by atoms with Crippen LogP contribution >= 0.6 is 0 Å². The molecule has 0 saturated heterocycles. The Morgan fingerprint density at radius 3 is 2.83 bits per heavy atom. The highest BCUT2D eigenvalue weighted by molar-refractivity contribution is 5.05. The van der Waals surface area contributed by atoms with Crippen LogP contribution in [0.2, 0.25) is 0 Å². The standard InChI is InChI=1S/C16H24N6O/c23-13-9-12(15(13)22-8-4-7-19-22)20-14(16-17-10-18-21-16)11-5-2-1-3-6-11/h4,7-8,10-15,20,23H,1-3,5-6,9H2,(H,17,18,21)/t12-,13+,14?,15+/m0/s1. The second-order valence-corrected chi connectivity index (χ2v) is 6.80. The van der Waals surface area contributed by atoms with E-state index in [1.807, 2.05) is 16.9 Å². The van der Waals surface area contributed by atoms with Gasteiger partial charge in [0.1, 0.15) is 12.2 Å². The first-order valence-corrected chi connectivity index (χ1v) is 8.61. The van der Waals surface area contributed by atoms with E-state index in [0.29, 0.717) is 5.92 Å². The van der Waals surface area contributed by atoms with Gasteiger partial charge in [-0.3, -0.25) is 9.78 Å². The normalized spacial score (nSPS) is 30.0. The maximum atomic E-state index is 10.2. The van der Waals surface area contributed by atoms with Gasteiger partial charge in [0, 0.05) is 18.4 Å². The summed E-state index contributed by atoms with van der Waals surface area (Å²) in [5.74, 6) is 1.49. The number of aromatic nitrogens is 5. The maximum Gasteiger partial charge on any atom is 0.141 e. The average molecular weight is 316 g/mol. The highest BCUT2D eigenvalue weighted by atomic mass is 16.3. The Hall–Kier alpha value is -1.73. The smallest absolute Gasteiger partial charge is 0.141 e. The molecule has 2 aromatic rings. The first-order chi connectivity index (χ1) is 11.3. The Morgan fingerprint density at radius 1 is 1.30 bits per heavy atom. The molecule has 0 radical (unpaired) electrons. The van der Waals surface area contributed by atoms with Gasteiger partial charge in [-0.25, -0.2) is 4.98 Å². The van der Waals surface area contributed by atoms with Crippen LogP contribution in [0.3, 0.4) is 0 Å². The van der Waals surface area contributed by atoms with Crippen LogP contribution in [0.15, 0.2) is 24.8 Å². The molecule has 2 aliphatic carbocycles. The molecule has 2 fully saturated rings. The molecule has 0 aliphatic heterocycles. The minimum atomic E-state index is -0.339. The molecule has 23 heavy (non-hydrogen) atoms. The van der Waals surface area contributed by atoms with E-state index in [4.69, 9.17) is 0 Å². The highest BCUT2D eigenvalue weighted by Crippen LogP contribution is 2.38. The summed E-state index contributed by atoms with van der Waals surface area (Å²) in [5, 5.41) is 25.3. The molecule has 0 aromatic carbocycles. The predicted octanol–water partition coefficient (Wildman–Crippen LogP) is 1.59. The molecule has 2 aliphatic rings. The van der Waals surface area contributed by atoms with E-state index in [1.54, 1.807) is 12.5 Å². The lowest BCUT2D eigenvalue weighted by atomic mass is 9.79. The van der Waals surface area contributed by atoms with Gasteiger partial charge in [0.15, 0.2) is 0 Å². The largest absolute Gasteiger partial charge is 0.391 e. The van der Waals surface area contributed by atoms with Gasteiger partial charge in [0.05, 0.1) is 18.2 Å². The van der Waals surface area contributed by atoms with Crippen molar-refractivity contribution in [2.45, 2.75) is 62.8 Å². The van der Waals surface area contributed by atoms with E-state index in [1.165, 1.54) is 32.1 Å². The molecule has 4 rings (SSSR count). The van der Waals surface area contributed by atoms with Crippen molar-refractivity contribution in [2.24, 2.45) is 5.92 Å². The van der Waals surface area contributed by atoms with E-state index in [-0.39, 0.29) is 24.2 Å². The lowest BCUT2D eigenvalue weighted by Gasteiger charge is -2.45. The maximum absolute atomic E-state index is 10.2. The summed E-state index contributed by atoms with van der Waals surface area (Å²) in [5.41, 5.74) is 0. The second kappa shape index (κ2) is 6.41. The van der Waals surface area contributed by atoms with Gasteiger partial charge in [-0.1, -0.05) is 19.3 Å². The first-order valence-electron chi connectivity index (χ1n) is 8.61. The molecule has 7 heteroatoms. The molecule has 1 unspecified atom stereocenters. The fourth-order valence-electron chi connectivity index (χ4n) is 4.10. The van der Waals surface area contributed by atoms with Crippen molar-refractivity contribution < 1.29 is 5.11 Å². The van der Waals surface area contributed by atoms with Gasteiger partial charge in [0.25, 0.3) is 0 Å². The Balaban J connectivity index is 1.51. The third-order valence-electron chi connectivity index (χ3n) is 5.38. The third-order valence-corrected chi connectivity index (χ3v) is 5.38. The van der Waals surface area contributed by atoms with E-state index in [9.17, 15) is 5.11 Å². The summed E-state index contributed by atoms with van der Waals surface area (Å²) in [6.45, 7) is 0. The Morgan fingerprint density at radius 2 is 2.17 bits per heavy atom. The zero-order valence-corrected chi connectivity index (χ0v) is 13.2. The number of aliphatic hydroxyl groups is 1. The van der Waals surface area contributed by atoms with E-state index >= 15 is 0 Å². The quantitative estimate of drug-likeness (QED) is 0.779.